The fourth-order valence-corrected chi connectivity index (χ4v) is 3.00. The number of hydrogen-bond donors (Lipinski definition) is 2. The zero-order chi connectivity index (χ0) is 23.6. The fourth-order valence-electron chi connectivity index (χ4n) is 2.87. The lowest BCUT2D eigenvalue weighted by atomic mass is 10.2. The Kier molecular flexibility index (Phi) is 8.43. The summed E-state index contributed by atoms with van der Waals surface area (Å²) in [6, 6.07) is 19.4. The molecule has 0 aromatic heterocycles. The Bertz CT molecular complexity index is 1130. The van der Waals surface area contributed by atoms with Gasteiger partial charge < -0.3 is 14.8 Å². The fraction of sp³-hybridized carbons (Fsp3) is 0.160. The van der Waals surface area contributed by atoms with E-state index in [2.05, 4.69) is 15.8 Å². The van der Waals surface area contributed by atoms with Crippen molar-refractivity contribution in [1.82, 2.24) is 5.43 Å². The number of carbonyl (C=O) groups is 2. The average Bonchev–Trinajstić information content (AvgIpc) is 2.80. The number of rotatable bonds is 9. The Labute approximate surface area is 197 Å². The van der Waals surface area contributed by atoms with Crippen LogP contribution in [-0.2, 0) is 11.4 Å². The van der Waals surface area contributed by atoms with Crippen LogP contribution in [0.2, 0.25) is 5.02 Å². The molecule has 0 heterocycles. The third kappa shape index (κ3) is 7.36. The predicted molar refractivity (Wildman–Crippen MR) is 129 cm³/mol. The highest BCUT2D eigenvalue weighted by Crippen LogP contribution is 2.29. The Morgan fingerprint density at radius 1 is 0.970 bits per heavy atom. The zero-order valence-electron chi connectivity index (χ0n) is 18.3. The third-order valence-electron chi connectivity index (χ3n) is 4.42. The Hall–Kier alpha value is -3.84. The molecule has 0 aliphatic rings. The molecular weight excluding hydrogens is 442 g/mol. The highest BCUT2D eigenvalue weighted by Gasteiger charge is 2.08. The summed E-state index contributed by atoms with van der Waals surface area (Å²) >= 11 is 5.92. The molecule has 0 aliphatic heterocycles. The molecule has 170 valence electrons. The second-order valence-electron chi connectivity index (χ2n) is 7.01. The summed E-state index contributed by atoms with van der Waals surface area (Å²) in [5.74, 6) is 0.640. The molecular formula is C25H24ClN3O4. The first kappa shape index (κ1) is 23.8. The Morgan fingerprint density at radius 2 is 1.70 bits per heavy atom. The van der Waals surface area contributed by atoms with Crippen molar-refractivity contribution in [2.24, 2.45) is 5.10 Å². The number of halogens is 1. The summed E-state index contributed by atoms with van der Waals surface area (Å²) in [6.07, 6.45) is 1.52. The number of anilines is 1. The van der Waals surface area contributed by atoms with Crippen LogP contribution in [0, 0.1) is 0 Å². The van der Waals surface area contributed by atoms with Gasteiger partial charge in [0.05, 0.1) is 12.8 Å². The molecule has 2 amide bonds. The van der Waals surface area contributed by atoms with Gasteiger partial charge in [0.1, 0.15) is 6.61 Å². The van der Waals surface area contributed by atoms with Crippen molar-refractivity contribution in [3.63, 3.8) is 0 Å². The van der Waals surface area contributed by atoms with Crippen LogP contribution in [0.3, 0.4) is 0 Å². The maximum Gasteiger partial charge on any atom is 0.271 e. The second kappa shape index (κ2) is 11.7. The monoisotopic (exact) mass is 465 g/mol. The molecule has 0 aliphatic carbocycles. The molecule has 3 aromatic rings. The molecule has 8 heteroatoms. The van der Waals surface area contributed by atoms with E-state index >= 15 is 0 Å². The maximum absolute atomic E-state index is 12.3. The summed E-state index contributed by atoms with van der Waals surface area (Å²) in [4.78, 5) is 23.3. The van der Waals surface area contributed by atoms with Gasteiger partial charge in [0, 0.05) is 23.2 Å². The lowest BCUT2D eigenvalue weighted by Crippen LogP contribution is -2.17. The van der Waals surface area contributed by atoms with Gasteiger partial charge in [-0.2, -0.15) is 5.10 Å². The van der Waals surface area contributed by atoms with Gasteiger partial charge in [-0.3, -0.25) is 9.59 Å². The van der Waals surface area contributed by atoms with E-state index in [9.17, 15) is 9.59 Å². The van der Waals surface area contributed by atoms with E-state index in [0.29, 0.717) is 41.0 Å². The first-order valence-corrected chi connectivity index (χ1v) is 10.7. The quantitative estimate of drug-likeness (QED) is 0.342. The van der Waals surface area contributed by atoms with E-state index in [4.69, 9.17) is 21.1 Å². The minimum atomic E-state index is -0.367. The zero-order valence-corrected chi connectivity index (χ0v) is 19.1. The van der Waals surface area contributed by atoms with Crippen LogP contribution in [0.25, 0.3) is 0 Å². The van der Waals surface area contributed by atoms with Gasteiger partial charge in [-0.25, -0.2) is 5.43 Å². The summed E-state index contributed by atoms with van der Waals surface area (Å²) in [6.45, 7) is 4.16. The van der Waals surface area contributed by atoms with E-state index < -0.39 is 0 Å². The Balaban J connectivity index is 1.61. The number of nitrogens with one attached hydrogen (secondary N) is 2. The highest BCUT2D eigenvalue weighted by molar-refractivity contribution is 6.30. The molecule has 33 heavy (non-hydrogen) atoms. The summed E-state index contributed by atoms with van der Waals surface area (Å²) in [7, 11) is 0. The van der Waals surface area contributed by atoms with Crippen molar-refractivity contribution < 1.29 is 19.1 Å². The van der Waals surface area contributed by atoms with E-state index in [1.54, 1.807) is 36.4 Å². The van der Waals surface area contributed by atoms with Crippen LogP contribution in [-0.4, -0.2) is 24.6 Å². The van der Waals surface area contributed by atoms with Crippen LogP contribution in [0.1, 0.15) is 35.3 Å². The van der Waals surface area contributed by atoms with Crippen LogP contribution in [0.5, 0.6) is 11.5 Å². The summed E-state index contributed by atoms with van der Waals surface area (Å²) < 4.78 is 11.6. The number of benzene rings is 3. The van der Waals surface area contributed by atoms with E-state index in [-0.39, 0.29) is 11.8 Å². The van der Waals surface area contributed by atoms with Crippen LogP contribution >= 0.6 is 11.6 Å². The topological polar surface area (TPSA) is 89.0 Å². The standard InChI is InChI=1S/C25H24ClN3O4/c1-3-32-24-14-19(6-13-23(24)33-16-18-4-9-21(26)10-5-18)15-27-29-25(31)20-7-11-22(12-8-20)28-17(2)30/h4-15H,3,16H2,1-2H3,(H,28,30)(H,29,31). The summed E-state index contributed by atoms with van der Waals surface area (Å²) in [5.41, 5.74) is 5.24. The molecule has 0 atom stereocenters. The lowest BCUT2D eigenvalue weighted by Gasteiger charge is -2.12. The number of hydrazone groups is 1. The molecule has 0 unspecified atom stereocenters. The number of amides is 2. The molecule has 2 N–H and O–H groups in total. The van der Waals surface area contributed by atoms with Crippen molar-refractivity contribution in [3.8, 4) is 11.5 Å². The molecule has 0 fully saturated rings. The van der Waals surface area contributed by atoms with Gasteiger partial charge in [-0.1, -0.05) is 23.7 Å². The molecule has 0 bridgehead atoms. The number of nitrogens with zero attached hydrogens (tertiary/aromatic N) is 1. The number of carbonyl (C=O) groups excluding carboxylic acids is 2. The summed E-state index contributed by atoms with van der Waals surface area (Å²) in [5, 5.41) is 7.34. The van der Waals surface area contributed by atoms with Crippen molar-refractivity contribution >= 4 is 35.3 Å². The number of ether oxygens (including phenoxy) is 2. The van der Waals surface area contributed by atoms with Crippen LogP contribution in [0.15, 0.2) is 71.8 Å². The third-order valence-corrected chi connectivity index (χ3v) is 4.67. The lowest BCUT2D eigenvalue weighted by molar-refractivity contribution is -0.114. The molecule has 0 saturated heterocycles. The van der Waals surface area contributed by atoms with Gasteiger partial charge in [-0.05, 0) is 72.6 Å². The van der Waals surface area contributed by atoms with E-state index in [0.717, 1.165) is 11.1 Å². The SMILES string of the molecule is CCOc1cc(C=NNC(=O)c2ccc(NC(C)=O)cc2)ccc1OCc1ccc(Cl)cc1. The highest BCUT2D eigenvalue weighted by atomic mass is 35.5. The maximum atomic E-state index is 12.3. The van der Waals surface area contributed by atoms with Crippen molar-refractivity contribution in [2.45, 2.75) is 20.5 Å². The van der Waals surface area contributed by atoms with Gasteiger partial charge >= 0.3 is 0 Å². The van der Waals surface area contributed by atoms with Crippen LogP contribution < -0.4 is 20.2 Å². The first-order chi connectivity index (χ1) is 15.9. The first-order valence-electron chi connectivity index (χ1n) is 10.3. The molecule has 0 spiro atoms. The van der Waals surface area contributed by atoms with Crippen molar-refractivity contribution in [3.05, 3.63) is 88.4 Å². The smallest absolute Gasteiger partial charge is 0.271 e. The number of hydrogen-bond acceptors (Lipinski definition) is 5. The molecule has 3 rings (SSSR count). The molecule has 0 radical (unpaired) electrons. The van der Waals surface area contributed by atoms with Crippen LogP contribution in [0.4, 0.5) is 5.69 Å². The van der Waals surface area contributed by atoms with Gasteiger partial charge in [0.2, 0.25) is 5.91 Å². The minimum absolute atomic E-state index is 0.176. The predicted octanol–water partition coefficient (Wildman–Crippen LogP) is 5.04. The van der Waals surface area contributed by atoms with Gasteiger partial charge in [0.15, 0.2) is 11.5 Å². The molecule has 3 aromatic carbocycles. The second-order valence-corrected chi connectivity index (χ2v) is 7.45. The normalized spacial score (nSPS) is 10.6. The Morgan fingerprint density at radius 3 is 2.36 bits per heavy atom. The molecule has 7 nitrogen and oxygen atoms in total. The minimum Gasteiger partial charge on any atom is -0.490 e. The van der Waals surface area contributed by atoms with Gasteiger partial charge in [0.25, 0.3) is 5.91 Å². The van der Waals surface area contributed by atoms with Gasteiger partial charge in [-0.15, -0.1) is 0 Å². The van der Waals surface area contributed by atoms with Crippen molar-refractivity contribution in [2.75, 3.05) is 11.9 Å². The largest absolute Gasteiger partial charge is 0.490 e. The van der Waals surface area contributed by atoms with E-state index in [1.165, 1.54) is 13.1 Å². The molecule has 0 saturated carbocycles. The van der Waals surface area contributed by atoms with E-state index in [1.807, 2.05) is 37.3 Å². The van der Waals surface area contributed by atoms with Crippen molar-refractivity contribution in [1.29, 1.82) is 0 Å². The average molecular weight is 466 g/mol.